The molecule has 3 nitrogen and oxygen atoms in total. The molecule has 0 aliphatic heterocycles. The average Bonchev–Trinajstić information content (AvgIpc) is 2.86. The van der Waals surface area contributed by atoms with Crippen molar-refractivity contribution >= 4 is 11.5 Å². The zero-order chi connectivity index (χ0) is 13.9. The number of pyridine rings is 1. The molecule has 20 heavy (non-hydrogen) atoms. The first-order valence-electron chi connectivity index (χ1n) is 8.03. The smallest absolute Gasteiger partial charge is 0.138 e. The SMILES string of the molecule is CCC(C)c1nc2ccccn2c1NC1CCCCC1. The van der Waals surface area contributed by atoms with Gasteiger partial charge in [0.2, 0.25) is 0 Å². The first-order valence-corrected chi connectivity index (χ1v) is 8.03. The molecule has 0 amide bonds. The van der Waals surface area contributed by atoms with Gasteiger partial charge in [-0.15, -0.1) is 0 Å². The maximum absolute atomic E-state index is 4.85. The first kappa shape index (κ1) is 13.5. The number of fused-ring (bicyclic) bond motifs is 1. The quantitative estimate of drug-likeness (QED) is 0.881. The number of nitrogens with zero attached hydrogens (tertiary/aromatic N) is 2. The Labute approximate surface area is 121 Å². The Morgan fingerprint density at radius 2 is 2.10 bits per heavy atom. The molecule has 2 aromatic heterocycles. The van der Waals surface area contributed by atoms with Crippen molar-refractivity contribution in [2.75, 3.05) is 5.32 Å². The maximum Gasteiger partial charge on any atom is 0.138 e. The van der Waals surface area contributed by atoms with Crippen LogP contribution in [0.2, 0.25) is 0 Å². The van der Waals surface area contributed by atoms with Crippen molar-refractivity contribution in [2.24, 2.45) is 0 Å². The summed E-state index contributed by atoms with van der Waals surface area (Å²) in [5.41, 5.74) is 2.28. The lowest BCUT2D eigenvalue weighted by Gasteiger charge is -2.24. The average molecular weight is 271 g/mol. The van der Waals surface area contributed by atoms with Crippen LogP contribution in [0.3, 0.4) is 0 Å². The summed E-state index contributed by atoms with van der Waals surface area (Å²) in [6.45, 7) is 4.51. The Kier molecular flexibility index (Phi) is 3.95. The predicted molar refractivity (Wildman–Crippen MR) is 84.4 cm³/mol. The number of rotatable bonds is 4. The molecule has 1 saturated carbocycles. The lowest BCUT2D eigenvalue weighted by atomic mass is 9.95. The zero-order valence-corrected chi connectivity index (χ0v) is 12.6. The highest BCUT2D eigenvalue weighted by atomic mass is 15.1. The summed E-state index contributed by atoms with van der Waals surface area (Å²) in [7, 11) is 0. The van der Waals surface area contributed by atoms with Gasteiger partial charge in [0.15, 0.2) is 0 Å². The van der Waals surface area contributed by atoms with Gasteiger partial charge in [0.05, 0.1) is 5.69 Å². The lowest BCUT2D eigenvalue weighted by Crippen LogP contribution is -2.23. The Morgan fingerprint density at radius 1 is 1.30 bits per heavy atom. The van der Waals surface area contributed by atoms with E-state index in [9.17, 15) is 0 Å². The van der Waals surface area contributed by atoms with Crippen molar-refractivity contribution in [1.82, 2.24) is 9.38 Å². The van der Waals surface area contributed by atoms with Crippen LogP contribution in [0.25, 0.3) is 5.65 Å². The normalized spacial score (nSPS) is 18.3. The van der Waals surface area contributed by atoms with E-state index in [-0.39, 0.29) is 0 Å². The topological polar surface area (TPSA) is 29.3 Å². The minimum Gasteiger partial charge on any atom is -0.367 e. The fourth-order valence-electron chi connectivity index (χ4n) is 3.13. The molecule has 1 aliphatic carbocycles. The molecule has 1 fully saturated rings. The van der Waals surface area contributed by atoms with Crippen LogP contribution >= 0.6 is 0 Å². The van der Waals surface area contributed by atoms with E-state index in [4.69, 9.17) is 4.98 Å². The fourth-order valence-corrected chi connectivity index (χ4v) is 3.13. The number of anilines is 1. The highest BCUT2D eigenvalue weighted by Crippen LogP contribution is 2.30. The number of hydrogen-bond acceptors (Lipinski definition) is 2. The van der Waals surface area contributed by atoms with Crippen LogP contribution in [-0.4, -0.2) is 15.4 Å². The summed E-state index contributed by atoms with van der Waals surface area (Å²) in [6.07, 6.45) is 9.94. The second-order valence-electron chi connectivity index (χ2n) is 6.06. The molecule has 1 atom stereocenters. The van der Waals surface area contributed by atoms with Gasteiger partial charge in [0, 0.05) is 18.2 Å². The summed E-state index contributed by atoms with van der Waals surface area (Å²) in [5.74, 6) is 1.72. The number of hydrogen-bond donors (Lipinski definition) is 1. The summed E-state index contributed by atoms with van der Waals surface area (Å²) in [4.78, 5) is 4.85. The Bertz CT molecular complexity index is 567. The molecule has 1 aliphatic rings. The zero-order valence-electron chi connectivity index (χ0n) is 12.6. The lowest BCUT2D eigenvalue weighted by molar-refractivity contribution is 0.461. The first-order chi connectivity index (χ1) is 9.79. The van der Waals surface area contributed by atoms with Gasteiger partial charge in [-0.3, -0.25) is 4.40 Å². The van der Waals surface area contributed by atoms with Crippen molar-refractivity contribution in [1.29, 1.82) is 0 Å². The molecule has 0 bridgehead atoms. The van der Waals surface area contributed by atoms with Crippen molar-refractivity contribution in [3.8, 4) is 0 Å². The monoisotopic (exact) mass is 271 g/mol. The predicted octanol–water partition coefficient (Wildman–Crippen LogP) is 4.59. The van der Waals surface area contributed by atoms with Gasteiger partial charge in [0.1, 0.15) is 11.5 Å². The third-order valence-corrected chi connectivity index (χ3v) is 4.58. The molecular formula is C17H25N3. The molecule has 0 aromatic carbocycles. The van der Waals surface area contributed by atoms with Crippen molar-refractivity contribution in [3.63, 3.8) is 0 Å². The van der Waals surface area contributed by atoms with Crippen LogP contribution < -0.4 is 5.32 Å². The van der Waals surface area contributed by atoms with Gasteiger partial charge < -0.3 is 5.32 Å². The van der Waals surface area contributed by atoms with Crippen LogP contribution in [0.15, 0.2) is 24.4 Å². The van der Waals surface area contributed by atoms with Crippen LogP contribution in [0.4, 0.5) is 5.82 Å². The molecule has 3 rings (SSSR count). The number of imidazole rings is 1. The number of aromatic nitrogens is 2. The minimum atomic E-state index is 0.501. The Balaban J connectivity index is 1.97. The molecule has 2 heterocycles. The van der Waals surface area contributed by atoms with E-state index in [0.717, 1.165) is 12.1 Å². The van der Waals surface area contributed by atoms with E-state index in [1.165, 1.54) is 43.6 Å². The summed E-state index contributed by atoms with van der Waals surface area (Å²) < 4.78 is 2.22. The van der Waals surface area contributed by atoms with Crippen LogP contribution in [-0.2, 0) is 0 Å². The van der Waals surface area contributed by atoms with Gasteiger partial charge in [0.25, 0.3) is 0 Å². The largest absolute Gasteiger partial charge is 0.367 e. The highest BCUT2D eigenvalue weighted by Gasteiger charge is 2.20. The molecule has 0 radical (unpaired) electrons. The van der Waals surface area contributed by atoms with Crippen LogP contribution in [0.5, 0.6) is 0 Å². The van der Waals surface area contributed by atoms with E-state index < -0.39 is 0 Å². The summed E-state index contributed by atoms with van der Waals surface area (Å²) in [5, 5.41) is 3.79. The third kappa shape index (κ3) is 2.54. The molecule has 1 N–H and O–H groups in total. The van der Waals surface area contributed by atoms with E-state index >= 15 is 0 Å². The van der Waals surface area contributed by atoms with E-state index in [1.807, 2.05) is 0 Å². The standard InChI is InChI=1S/C17H25N3/c1-3-13(2)16-17(18-14-9-5-4-6-10-14)20-12-8-7-11-15(20)19-16/h7-8,11-14,18H,3-6,9-10H2,1-2H3. The Morgan fingerprint density at radius 3 is 2.85 bits per heavy atom. The molecular weight excluding hydrogens is 246 g/mol. The fraction of sp³-hybridized carbons (Fsp3) is 0.588. The molecule has 2 aromatic rings. The summed E-state index contributed by atoms with van der Waals surface area (Å²) >= 11 is 0. The third-order valence-electron chi connectivity index (χ3n) is 4.58. The van der Waals surface area contributed by atoms with Crippen LogP contribution in [0.1, 0.15) is 64.0 Å². The molecule has 1 unspecified atom stereocenters. The van der Waals surface area contributed by atoms with Crippen molar-refractivity contribution in [2.45, 2.75) is 64.3 Å². The van der Waals surface area contributed by atoms with Crippen molar-refractivity contribution < 1.29 is 0 Å². The number of nitrogens with one attached hydrogen (secondary N) is 1. The molecule has 108 valence electrons. The van der Waals surface area contributed by atoms with Gasteiger partial charge in [-0.1, -0.05) is 39.2 Å². The minimum absolute atomic E-state index is 0.501. The van der Waals surface area contributed by atoms with Gasteiger partial charge in [-0.2, -0.15) is 0 Å². The second kappa shape index (κ2) is 5.86. The highest BCUT2D eigenvalue weighted by molar-refractivity contribution is 5.56. The summed E-state index contributed by atoms with van der Waals surface area (Å²) in [6, 6.07) is 6.86. The van der Waals surface area contributed by atoms with E-state index in [0.29, 0.717) is 12.0 Å². The van der Waals surface area contributed by atoms with Crippen LogP contribution in [0, 0.1) is 0 Å². The molecule has 0 spiro atoms. The molecule has 3 heteroatoms. The van der Waals surface area contributed by atoms with E-state index in [1.54, 1.807) is 0 Å². The van der Waals surface area contributed by atoms with E-state index in [2.05, 4.69) is 48.0 Å². The van der Waals surface area contributed by atoms with Gasteiger partial charge in [-0.25, -0.2) is 4.98 Å². The van der Waals surface area contributed by atoms with Crippen molar-refractivity contribution in [3.05, 3.63) is 30.1 Å². The Hall–Kier alpha value is -1.51. The molecule has 0 saturated heterocycles. The second-order valence-corrected chi connectivity index (χ2v) is 6.06. The maximum atomic E-state index is 4.85. The van der Waals surface area contributed by atoms with Gasteiger partial charge in [-0.05, 0) is 31.4 Å². The van der Waals surface area contributed by atoms with Gasteiger partial charge >= 0.3 is 0 Å².